The van der Waals surface area contributed by atoms with Crippen molar-refractivity contribution < 1.29 is 4.74 Å². The molecule has 3 nitrogen and oxygen atoms in total. The Labute approximate surface area is 147 Å². The summed E-state index contributed by atoms with van der Waals surface area (Å²) in [4.78, 5) is 0. The third-order valence-corrected chi connectivity index (χ3v) is 4.55. The van der Waals surface area contributed by atoms with E-state index in [0.717, 1.165) is 29.5 Å². The predicted molar refractivity (Wildman–Crippen MR) is 105 cm³/mol. The van der Waals surface area contributed by atoms with Crippen LogP contribution in [0.3, 0.4) is 0 Å². The number of thiocarbonyl (C=S) groups is 1. The van der Waals surface area contributed by atoms with Crippen LogP contribution in [0.2, 0.25) is 0 Å². The molecule has 0 bridgehead atoms. The molecule has 23 heavy (non-hydrogen) atoms. The van der Waals surface area contributed by atoms with Crippen LogP contribution in [-0.4, -0.2) is 24.5 Å². The fourth-order valence-electron chi connectivity index (χ4n) is 1.96. The number of ether oxygens (including phenoxy) is 1. The molecule has 2 rings (SSSR count). The third-order valence-electron chi connectivity index (χ3n) is 3.27. The number of anilines is 1. The van der Waals surface area contributed by atoms with Gasteiger partial charge in [-0.15, -0.1) is 0 Å². The summed E-state index contributed by atoms with van der Waals surface area (Å²) in [5.41, 5.74) is 3.62. The SMILES string of the molecule is COc1ccc(NC(=S)NCCSCc2ccc(C)cc2)cc1. The molecule has 0 fully saturated rings. The van der Waals surface area contributed by atoms with Gasteiger partial charge in [-0.2, -0.15) is 11.8 Å². The van der Waals surface area contributed by atoms with Gasteiger partial charge in [0.15, 0.2) is 5.11 Å². The molecule has 0 unspecified atom stereocenters. The van der Waals surface area contributed by atoms with E-state index in [1.165, 1.54) is 11.1 Å². The van der Waals surface area contributed by atoms with E-state index in [1.807, 2.05) is 36.0 Å². The molecule has 2 N–H and O–H groups in total. The number of rotatable bonds is 7. The molecule has 122 valence electrons. The van der Waals surface area contributed by atoms with Gasteiger partial charge in [0.05, 0.1) is 7.11 Å². The Morgan fingerprint density at radius 1 is 1.09 bits per heavy atom. The van der Waals surface area contributed by atoms with Gasteiger partial charge < -0.3 is 15.4 Å². The Hall–Kier alpha value is -1.72. The molecule has 0 spiro atoms. The van der Waals surface area contributed by atoms with Gasteiger partial charge >= 0.3 is 0 Å². The van der Waals surface area contributed by atoms with Crippen molar-refractivity contribution in [1.82, 2.24) is 5.32 Å². The zero-order valence-corrected chi connectivity index (χ0v) is 15.1. The number of methoxy groups -OCH3 is 1. The predicted octanol–water partition coefficient (Wildman–Crippen LogP) is 4.22. The second-order valence-electron chi connectivity index (χ2n) is 5.15. The Kier molecular flexibility index (Phi) is 7.23. The van der Waals surface area contributed by atoms with Gasteiger partial charge in [-0.1, -0.05) is 29.8 Å². The lowest BCUT2D eigenvalue weighted by Crippen LogP contribution is -2.30. The van der Waals surface area contributed by atoms with Crippen LogP contribution >= 0.6 is 24.0 Å². The zero-order chi connectivity index (χ0) is 16.5. The van der Waals surface area contributed by atoms with Crippen LogP contribution in [-0.2, 0) is 5.75 Å². The van der Waals surface area contributed by atoms with Crippen molar-refractivity contribution in [3.05, 3.63) is 59.7 Å². The Balaban J connectivity index is 1.61. The molecule has 0 amide bonds. The van der Waals surface area contributed by atoms with Crippen molar-refractivity contribution in [2.24, 2.45) is 0 Å². The fraction of sp³-hybridized carbons (Fsp3) is 0.278. The van der Waals surface area contributed by atoms with Crippen LogP contribution in [0.1, 0.15) is 11.1 Å². The monoisotopic (exact) mass is 346 g/mol. The topological polar surface area (TPSA) is 33.3 Å². The molecule has 0 aliphatic heterocycles. The average molecular weight is 347 g/mol. The van der Waals surface area contributed by atoms with Gasteiger partial charge in [0.25, 0.3) is 0 Å². The standard InChI is InChI=1S/C18H22N2OS2/c1-14-3-5-15(6-4-14)13-23-12-11-19-18(22)20-16-7-9-17(21-2)10-8-16/h3-10H,11-13H2,1-2H3,(H2,19,20,22). The van der Waals surface area contributed by atoms with Crippen LogP contribution in [0.15, 0.2) is 48.5 Å². The van der Waals surface area contributed by atoms with Crippen LogP contribution in [0.5, 0.6) is 5.75 Å². The summed E-state index contributed by atoms with van der Waals surface area (Å²) in [7, 11) is 1.66. The average Bonchev–Trinajstić information content (AvgIpc) is 2.57. The fourth-order valence-corrected chi connectivity index (χ4v) is 3.00. The first kappa shape index (κ1) is 17.6. The van der Waals surface area contributed by atoms with E-state index < -0.39 is 0 Å². The van der Waals surface area contributed by atoms with Crippen molar-refractivity contribution in [2.45, 2.75) is 12.7 Å². The van der Waals surface area contributed by atoms with E-state index >= 15 is 0 Å². The molecule has 0 saturated carbocycles. The molecule has 2 aromatic rings. The van der Waals surface area contributed by atoms with Crippen molar-refractivity contribution in [1.29, 1.82) is 0 Å². The van der Waals surface area contributed by atoms with Crippen LogP contribution in [0, 0.1) is 6.92 Å². The lowest BCUT2D eigenvalue weighted by molar-refractivity contribution is 0.415. The quantitative estimate of drug-likeness (QED) is 0.579. The molecular weight excluding hydrogens is 324 g/mol. The van der Waals surface area contributed by atoms with Crippen molar-refractivity contribution in [3.8, 4) is 5.75 Å². The largest absolute Gasteiger partial charge is 0.497 e. The Morgan fingerprint density at radius 2 is 1.78 bits per heavy atom. The summed E-state index contributed by atoms with van der Waals surface area (Å²) < 4.78 is 5.13. The van der Waals surface area contributed by atoms with E-state index in [4.69, 9.17) is 17.0 Å². The second kappa shape index (κ2) is 9.43. The van der Waals surface area contributed by atoms with Gasteiger partial charge in [0, 0.05) is 23.7 Å². The maximum Gasteiger partial charge on any atom is 0.170 e. The number of thioether (sulfide) groups is 1. The normalized spacial score (nSPS) is 10.2. The molecule has 0 heterocycles. The number of hydrogen-bond donors (Lipinski definition) is 2. The molecule has 0 aromatic heterocycles. The van der Waals surface area contributed by atoms with Crippen molar-refractivity contribution >= 4 is 34.8 Å². The highest BCUT2D eigenvalue weighted by atomic mass is 32.2. The minimum Gasteiger partial charge on any atom is -0.497 e. The summed E-state index contributed by atoms with van der Waals surface area (Å²) in [6, 6.07) is 16.4. The van der Waals surface area contributed by atoms with Crippen LogP contribution in [0.4, 0.5) is 5.69 Å². The summed E-state index contributed by atoms with van der Waals surface area (Å²) in [6.07, 6.45) is 0. The summed E-state index contributed by atoms with van der Waals surface area (Å²) in [5, 5.41) is 7.03. The Bertz CT molecular complexity index is 612. The molecule has 5 heteroatoms. The molecule has 0 aliphatic rings. The number of benzene rings is 2. The van der Waals surface area contributed by atoms with Gasteiger partial charge in [-0.3, -0.25) is 0 Å². The summed E-state index contributed by atoms with van der Waals surface area (Å²) in [5.74, 6) is 2.88. The maximum absolute atomic E-state index is 5.29. The molecule has 0 radical (unpaired) electrons. The molecular formula is C18H22N2OS2. The maximum atomic E-state index is 5.29. The first-order valence-electron chi connectivity index (χ1n) is 7.49. The highest BCUT2D eigenvalue weighted by Crippen LogP contribution is 2.15. The lowest BCUT2D eigenvalue weighted by atomic mass is 10.2. The molecule has 0 aliphatic carbocycles. The van der Waals surface area contributed by atoms with Crippen LogP contribution in [0.25, 0.3) is 0 Å². The van der Waals surface area contributed by atoms with E-state index in [9.17, 15) is 0 Å². The van der Waals surface area contributed by atoms with Gasteiger partial charge in [0.1, 0.15) is 5.75 Å². The molecule has 0 atom stereocenters. The zero-order valence-electron chi connectivity index (χ0n) is 13.5. The third kappa shape index (κ3) is 6.50. The lowest BCUT2D eigenvalue weighted by Gasteiger charge is -2.11. The smallest absolute Gasteiger partial charge is 0.170 e. The van der Waals surface area contributed by atoms with Gasteiger partial charge in [-0.05, 0) is 49.0 Å². The number of hydrogen-bond acceptors (Lipinski definition) is 3. The summed E-state index contributed by atoms with van der Waals surface area (Å²) in [6.45, 7) is 2.95. The second-order valence-corrected chi connectivity index (χ2v) is 6.66. The van der Waals surface area contributed by atoms with Crippen molar-refractivity contribution in [3.63, 3.8) is 0 Å². The number of aryl methyl sites for hydroxylation is 1. The minimum absolute atomic E-state index is 0.645. The van der Waals surface area contributed by atoms with E-state index in [0.29, 0.717) is 5.11 Å². The van der Waals surface area contributed by atoms with E-state index in [1.54, 1.807) is 7.11 Å². The van der Waals surface area contributed by atoms with Crippen molar-refractivity contribution in [2.75, 3.05) is 24.7 Å². The first-order chi connectivity index (χ1) is 11.2. The Morgan fingerprint density at radius 3 is 2.43 bits per heavy atom. The number of nitrogens with one attached hydrogen (secondary N) is 2. The van der Waals surface area contributed by atoms with Gasteiger partial charge in [-0.25, -0.2) is 0 Å². The van der Waals surface area contributed by atoms with E-state index in [2.05, 4.69) is 41.8 Å². The molecule has 2 aromatic carbocycles. The first-order valence-corrected chi connectivity index (χ1v) is 9.06. The minimum atomic E-state index is 0.645. The summed E-state index contributed by atoms with van der Waals surface area (Å²) >= 11 is 7.19. The molecule has 0 saturated heterocycles. The highest BCUT2D eigenvalue weighted by Gasteiger charge is 1.99. The van der Waals surface area contributed by atoms with Crippen LogP contribution < -0.4 is 15.4 Å². The van der Waals surface area contributed by atoms with Gasteiger partial charge in [0.2, 0.25) is 0 Å². The highest BCUT2D eigenvalue weighted by molar-refractivity contribution is 7.98. The van der Waals surface area contributed by atoms with E-state index in [-0.39, 0.29) is 0 Å².